The number of nitrogens with zero attached hydrogens (tertiary/aromatic N) is 1. The number of aryl methyl sites for hydroxylation is 2. The first-order chi connectivity index (χ1) is 13.1. The van der Waals surface area contributed by atoms with Gasteiger partial charge in [-0.25, -0.2) is 8.42 Å². The Morgan fingerprint density at radius 2 is 1.75 bits per heavy atom. The fourth-order valence-corrected chi connectivity index (χ4v) is 4.06. The molecule has 0 aliphatic heterocycles. The van der Waals surface area contributed by atoms with Crippen LogP contribution < -0.4 is 14.4 Å². The largest absolute Gasteiger partial charge is 0.492 e. The van der Waals surface area contributed by atoms with E-state index in [0.717, 1.165) is 27.4 Å². The van der Waals surface area contributed by atoms with Crippen molar-refractivity contribution in [1.82, 2.24) is 5.32 Å². The maximum Gasteiger partial charge on any atom is 0.240 e. The van der Waals surface area contributed by atoms with Gasteiger partial charge in [0, 0.05) is 5.02 Å². The summed E-state index contributed by atoms with van der Waals surface area (Å²) in [5.74, 6) is 0.248. The Morgan fingerprint density at radius 3 is 2.32 bits per heavy atom. The van der Waals surface area contributed by atoms with Gasteiger partial charge < -0.3 is 10.1 Å². The fourth-order valence-electron chi connectivity index (χ4n) is 2.63. The molecule has 152 valence electrons. The molecule has 28 heavy (non-hydrogen) atoms. The molecule has 0 radical (unpaired) electrons. The number of amides is 1. The molecule has 0 aliphatic carbocycles. The number of nitrogens with one attached hydrogen (secondary N) is 1. The molecule has 1 N–H and O–H groups in total. The second kappa shape index (κ2) is 9.49. The number of rotatable bonds is 8. The highest BCUT2D eigenvalue weighted by Crippen LogP contribution is 2.30. The molecule has 6 nitrogen and oxygen atoms in total. The van der Waals surface area contributed by atoms with Crippen molar-refractivity contribution in [3.05, 3.63) is 57.6 Å². The molecule has 0 fully saturated rings. The summed E-state index contributed by atoms with van der Waals surface area (Å²) in [4.78, 5) is 12.2. The predicted molar refractivity (Wildman–Crippen MR) is 113 cm³/mol. The number of anilines is 1. The molecule has 0 atom stereocenters. The van der Waals surface area contributed by atoms with Gasteiger partial charge in [0.25, 0.3) is 0 Å². The van der Waals surface area contributed by atoms with Gasteiger partial charge in [0.15, 0.2) is 0 Å². The average molecular weight is 445 g/mol. The van der Waals surface area contributed by atoms with E-state index in [4.69, 9.17) is 27.9 Å². The summed E-state index contributed by atoms with van der Waals surface area (Å²) in [6.45, 7) is 4.04. The smallest absolute Gasteiger partial charge is 0.240 e. The summed E-state index contributed by atoms with van der Waals surface area (Å²) >= 11 is 11.9. The number of sulfonamides is 1. The van der Waals surface area contributed by atoms with Crippen molar-refractivity contribution in [1.29, 1.82) is 0 Å². The number of carbonyl (C=O) groups excluding carboxylic acids is 1. The minimum absolute atomic E-state index is 0.142. The molecule has 2 aromatic carbocycles. The third-order valence-electron chi connectivity index (χ3n) is 3.75. The first-order valence-electron chi connectivity index (χ1n) is 8.47. The lowest BCUT2D eigenvalue weighted by molar-refractivity contribution is -0.119. The van der Waals surface area contributed by atoms with E-state index >= 15 is 0 Å². The maximum absolute atomic E-state index is 12.2. The van der Waals surface area contributed by atoms with Crippen LogP contribution in [0.2, 0.25) is 10.0 Å². The number of hydrogen-bond acceptors (Lipinski definition) is 4. The lowest BCUT2D eigenvalue weighted by atomic mass is 10.1. The third-order valence-corrected chi connectivity index (χ3v) is 5.42. The Balaban J connectivity index is 1.95. The molecular weight excluding hydrogens is 423 g/mol. The normalized spacial score (nSPS) is 11.2. The maximum atomic E-state index is 12.2. The molecule has 0 bridgehead atoms. The molecule has 1 amide bonds. The number of halogens is 2. The van der Waals surface area contributed by atoms with E-state index in [1.807, 2.05) is 32.0 Å². The van der Waals surface area contributed by atoms with Gasteiger partial charge in [0.2, 0.25) is 15.9 Å². The van der Waals surface area contributed by atoms with E-state index in [1.165, 1.54) is 18.2 Å². The zero-order valence-electron chi connectivity index (χ0n) is 15.8. The van der Waals surface area contributed by atoms with Gasteiger partial charge in [0.05, 0.1) is 23.5 Å². The van der Waals surface area contributed by atoms with Crippen LogP contribution in [0.15, 0.2) is 36.4 Å². The van der Waals surface area contributed by atoms with Crippen LogP contribution in [-0.2, 0) is 14.8 Å². The molecule has 0 aliphatic rings. The first kappa shape index (κ1) is 22.3. The minimum atomic E-state index is -3.72. The van der Waals surface area contributed by atoms with Crippen molar-refractivity contribution >= 4 is 44.8 Å². The van der Waals surface area contributed by atoms with Gasteiger partial charge in [-0.2, -0.15) is 0 Å². The van der Waals surface area contributed by atoms with E-state index < -0.39 is 22.5 Å². The standard InChI is InChI=1S/C19H22Cl2N2O4S/c1-13-8-14(2)10-16(9-13)27-7-6-22-19(24)12-23(28(3,25)26)18-5-4-15(20)11-17(18)21/h4-5,8-11H,6-7,12H2,1-3H3,(H,22,24). The van der Waals surface area contributed by atoms with Crippen molar-refractivity contribution in [3.63, 3.8) is 0 Å². The van der Waals surface area contributed by atoms with Gasteiger partial charge in [-0.1, -0.05) is 29.3 Å². The quantitative estimate of drug-likeness (QED) is 0.631. The molecule has 2 aromatic rings. The molecule has 0 aromatic heterocycles. The molecule has 0 spiro atoms. The average Bonchev–Trinajstić information content (AvgIpc) is 2.55. The van der Waals surface area contributed by atoms with Gasteiger partial charge in [-0.05, 0) is 55.3 Å². The summed E-state index contributed by atoms with van der Waals surface area (Å²) in [5.41, 5.74) is 2.36. The number of carbonyl (C=O) groups is 1. The van der Waals surface area contributed by atoms with Crippen molar-refractivity contribution < 1.29 is 17.9 Å². The summed E-state index contributed by atoms with van der Waals surface area (Å²) in [5, 5.41) is 3.16. The second-order valence-corrected chi connectivity index (χ2v) is 9.14. The summed E-state index contributed by atoms with van der Waals surface area (Å²) < 4.78 is 30.8. The van der Waals surface area contributed by atoms with Crippen molar-refractivity contribution in [3.8, 4) is 5.75 Å². The lowest BCUT2D eigenvalue weighted by Crippen LogP contribution is -2.41. The van der Waals surface area contributed by atoms with Gasteiger partial charge in [0.1, 0.15) is 18.9 Å². The molecule has 2 rings (SSSR count). The van der Waals surface area contributed by atoms with Gasteiger partial charge in [-0.15, -0.1) is 0 Å². The van der Waals surface area contributed by atoms with Gasteiger partial charge >= 0.3 is 0 Å². The minimum Gasteiger partial charge on any atom is -0.492 e. The molecule has 0 heterocycles. The van der Waals surface area contributed by atoms with Crippen LogP contribution >= 0.6 is 23.2 Å². The van der Waals surface area contributed by atoms with Gasteiger partial charge in [-0.3, -0.25) is 9.10 Å². The van der Waals surface area contributed by atoms with Crippen molar-refractivity contribution in [2.24, 2.45) is 0 Å². The SMILES string of the molecule is Cc1cc(C)cc(OCCNC(=O)CN(c2ccc(Cl)cc2Cl)S(C)(=O)=O)c1. The summed E-state index contributed by atoms with van der Waals surface area (Å²) in [7, 11) is -3.72. The Morgan fingerprint density at radius 1 is 1.11 bits per heavy atom. The van der Waals surface area contributed by atoms with Crippen LogP contribution in [0.1, 0.15) is 11.1 Å². The molecule has 9 heteroatoms. The predicted octanol–water partition coefficient (Wildman–Crippen LogP) is 3.57. The highest BCUT2D eigenvalue weighted by Gasteiger charge is 2.23. The second-order valence-electron chi connectivity index (χ2n) is 6.39. The zero-order valence-corrected chi connectivity index (χ0v) is 18.2. The van der Waals surface area contributed by atoms with E-state index in [1.54, 1.807) is 0 Å². The third kappa shape index (κ3) is 6.58. The van der Waals surface area contributed by atoms with Crippen LogP contribution in [0.3, 0.4) is 0 Å². The molecule has 0 unspecified atom stereocenters. The zero-order chi connectivity index (χ0) is 20.9. The summed E-state index contributed by atoms with van der Waals surface area (Å²) in [6, 6.07) is 10.2. The van der Waals surface area contributed by atoms with Crippen LogP contribution in [0.5, 0.6) is 5.75 Å². The van der Waals surface area contributed by atoms with E-state index in [2.05, 4.69) is 5.32 Å². The van der Waals surface area contributed by atoms with E-state index in [-0.39, 0.29) is 23.9 Å². The highest BCUT2D eigenvalue weighted by molar-refractivity contribution is 7.92. The Bertz CT molecular complexity index is 944. The summed E-state index contributed by atoms with van der Waals surface area (Å²) in [6.07, 6.45) is 1.01. The van der Waals surface area contributed by atoms with Crippen LogP contribution in [-0.4, -0.2) is 40.3 Å². The van der Waals surface area contributed by atoms with E-state index in [0.29, 0.717) is 5.02 Å². The monoisotopic (exact) mass is 444 g/mol. The first-order valence-corrected chi connectivity index (χ1v) is 11.1. The number of hydrogen-bond donors (Lipinski definition) is 1. The molecule has 0 saturated heterocycles. The topological polar surface area (TPSA) is 75.7 Å². The Hall–Kier alpha value is -1.96. The highest BCUT2D eigenvalue weighted by atomic mass is 35.5. The van der Waals surface area contributed by atoms with Crippen LogP contribution in [0, 0.1) is 13.8 Å². The lowest BCUT2D eigenvalue weighted by Gasteiger charge is -2.23. The van der Waals surface area contributed by atoms with Crippen LogP contribution in [0.4, 0.5) is 5.69 Å². The van der Waals surface area contributed by atoms with Crippen molar-refractivity contribution in [2.75, 3.05) is 30.3 Å². The Kier molecular flexibility index (Phi) is 7.57. The molecule has 0 saturated carbocycles. The fraction of sp³-hybridized carbons (Fsp3) is 0.316. The Labute approximate surface area is 175 Å². The van der Waals surface area contributed by atoms with E-state index in [9.17, 15) is 13.2 Å². The number of benzene rings is 2. The van der Waals surface area contributed by atoms with Crippen molar-refractivity contribution in [2.45, 2.75) is 13.8 Å². The molecular formula is C19H22Cl2N2O4S. The van der Waals surface area contributed by atoms with Crippen LogP contribution in [0.25, 0.3) is 0 Å². The number of ether oxygens (including phenoxy) is 1.